The first-order valence-electron chi connectivity index (χ1n) is 3.89. The molecule has 1 unspecified atom stereocenters. The summed E-state index contributed by atoms with van der Waals surface area (Å²) in [4.78, 5) is 12.4. The summed E-state index contributed by atoms with van der Waals surface area (Å²) < 4.78 is 22.2. The molecule has 5 heteroatoms. The van der Waals surface area contributed by atoms with E-state index in [1.54, 1.807) is 0 Å². The predicted octanol–water partition coefficient (Wildman–Crippen LogP) is -0.735. The van der Waals surface area contributed by atoms with Crippen LogP contribution in [0.1, 0.15) is 6.42 Å². The summed E-state index contributed by atoms with van der Waals surface area (Å²) in [5, 5.41) is -0.440. The molecule has 0 aliphatic carbocycles. The summed E-state index contributed by atoms with van der Waals surface area (Å²) in [6.07, 6.45) is 6.59. The second-order valence-corrected chi connectivity index (χ2v) is 5.46. The van der Waals surface area contributed by atoms with E-state index in [1.807, 2.05) is 5.92 Å². The number of sulfone groups is 1. The molecule has 4 nitrogen and oxygen atoms in total. The van der Waals surface area contributed by atoms with Crippen LogP contribution < -0.4 is 0 Å². The fraction of sp³-hybridized carbons (Fsp3) is 0.625. The van der Waals surface area contributed by atoms with Gasteiger partial charge in [-0.2, -0.15) is 0 Å². The third kappa shape index (κ3) is 2.22. The van der Waals surface area contributed by atoms with Gasteiger partial charge in [-0.05, 0) is 12.3 Å². The zero-order valence-electron chi connectivity index (χ0n) is 7.36. The highest BCUT2D eigenvalue weighted by Crippen LogP contribution is 2.15. The quantitative estimate of drug-likeness (QED) is 0.525. The molecule has 1 aliphatic heterocycles. The zero-order valence-corrected chi connectivity index (χ0v) is 8.17. The Bertz CT molecular complexity index is 352. The van der Waals surface area contributed by atoms with E-state index in [4.69, 9.17) is 6.42 Å². The van der Waals surface area contributed by atoms with Crippen molar-refractivity contribution in [3.05, 3.63) is 0 Å². The van der Waals surface area contributed by atoms with E-state index < -0.39 is 21.0 Å². The highest BCUT2D eigenvalue weighted by Gasteiger charge is 2.31. The van der Waals surface area contributed by atoms with Gasteiger partial charge in [-0.15, -0.1) is 6.42 Å². The van der Waals surface area contributed by atoms with Gasteiger partial charge < -0.3 is 4.90 Å². The van der Waals surface area contributed by atoms with E-state index in [2.05, 4.69) is 0 Å². The van der Waals surface area contributed by atoms with Crippen LogP contribution in [0.25, 0.3) is 0 Å². The van der Waals surface area contributed by atoms with Crippen LogP contribution in [-0.4, -0.2) is 43.8 Å². The van der Waals surface area contributed by atoms with Crippen molar-refractivity contribution in [2.45, 2.75) is 11.7 Å². The minimum atomic E-state index is -3.04. The van der Waals surface area contributed by atoms with Gasteiger partial charge in [0.1, 0.15) is 0 Å². The number of carbonyl (C=O) groups excluding carboxylic acids is 1. The van der Waals surface area contributed by atoms with Crippen molar-refractivity contribution in [3.8, 4) is 12.3 Å². The molecule has 1 rings (SSSR count). The maximum Gasteiger partial charge on any atom is 0.298 e. The van der Waals surface area contributed by atoms with Crippen LogP contribution in [0, 0.1) is 12.3 Å². The topological polar surface area (TPSA) is 54.5 Å². The monoisotopic (exact) mass is 201 g/mol. The van der Waals surface area contributed by atoms with Gasteiger partial charge in [0.25, 0.3) is 5.91 Å². The Hall–Kier alpha value is -1.02. The van der Waals surface area contributed by atoms with Crippen LogP contribution in [0.5, 0.6) is 0 Å². The lowest BCUT2D eigenvalue weighted by Crippen LogP contribution is -2.30. The minimum absolute atomic E-state index is 0.238. The molecule has 13 heavy (non-hydrogen) atoms. The molecule has 0 N–H and O–H groups in total. The van der Waals surface area contributed by atoms with E-state index in [9.17, 15) is 13.2 Å². The third-order valence-electron chi connectivity index (χ3n) is 2.16. The Balaban J connectivity index is 2.67. The van der Waals surface area contributed by atoms with Gasteiger partial charge in [-0.1, -0.05) is 0 Å². The van der Waals surface area contributed by atoms with Crippen molar-refractivity contribution < 1.29 is 13.2 Å². The number of amides is 1. The van der Waals surface area contributed by atoms with Crippen molar-refractivity contribution in [2.24, 2.45) is 0 Å². The van der Waals surface area contributed by atoms with Crippen molar-refractivity contribution in [2.75, 3.05) is 19.3 Å². The van der Waals surface area contributed by atoms with Gasteiger partial charge in [-0.3, -0.25) is 4.79 Å². The maximum absolute atomic E-state index is 11.1. The average molecular weight is 201 g/mol. The van der Waals surface area contributed by atoms with E-state index in [-0.39, 0.29) is 6.54 Å². The van der Waals surface area contributed by atoms with E-state index in [0.29, 0.717) is 13.0 Å². The van der Waals surface area contributed by atoms with Crippen LogP contribution in [0.3, 0.4) is 0 Å². The normalized spacial score (nSPS) is 22.8. The second-order valence-electron chi connectivity index (χ2n) is 3.14. The van der Waals surface area contributed by atoms with Gasteiger partial charge in [0.2, 0.25) is 0 Å². The molecule has 1 saturated heterocycles. The Kier molecular flexibility index (Phi) is 2.62. The largest absolute Gasteiger partial charge is 0.331 e. The molecule has 0 bridgehead atoms. The molecule has 0 spiro atoms. The van der Waals surface area contributed by atoms with Crippen molar-refractivity contribution in [1.29, 1.82) is 0 Å². The fourth-order valence-electron chi connectivity index (χ4n) is 1.35. The number of terminal acetylenes is 1. The molecule has 1 amide bonds. The van der Waals surface area contributed by atoms with Crippen molar-refractivity contribution in [3.63, 3.8) is 0 Å². The minimum Gasteiger partial charge on any atom is -0.331 e. The number of carbonyl (C=O) groups is 1. The van der Waals surface area contributed by atoms with E-state index in [0.717, 1.165) is 0 Å². The Morgan fingerprint density at radius 3 is 2.62 bits per heavy atom. The van der Waals surface area contributed by atoms with Gasteiger partial charge in [0, 0.05) is 19.3 Å². The van der Waals surface area contributed by atoms with Gasteiger partial charge >= 0.3 is 0 Å². The standard InChI is InChI=1S/C8H11NO3S/c1-3-8(10)9-5-4-7(6-9)13(2,11)12/h1,7H,4-6H2,2H3. The molecular formula is C8H11NO3S. The summed E-state index contributed by atoms with van der Waals surface area (Å²) >= 11 is 0. The Morgan fingerprint density at radius 1 is 1.62 bits per heavy atom. The lowest BCUT2D eigenvalue weighted by molar-refractivity contribution is -0.124. The first-order valence-corrected chi connectivity index (χ1v) is 5.85. The second kappa shape index (κ2) is 3.38. The van der Waals surface area contributed by atoms with Crippen molar-refractivity contribution in [1.82, 2.24) is 4.90 Å². The summed E-state index contributed by atoms with van der Waals surface area (Å²) in [5.74, 6) is 1.55. The van der Waals surface area contributed by atoms with Gasteiger partial charge in [0.15, 0.2) is 9.84 Å². The van der Waals surface area contributed by atoms with Gasteiger partial charge in [0.05, 0.1) is 5.25 Å². The summed E-state index contributed by atoms with van der Waals surface area (Å²) in [5.41, 5.74) is 0. The van der Waals surface area contributed by atoms with E-state index >= 15 is 0 Å². The number of hydrogen-bond acceptors (Lipinski definition) is 3. The van der Waals surface area contributed by atoms with Crippen LogP contribution in [0.4, 0.5) is 0 Å². The molecule has 1 atom stereocenters. The molecule has 0 aromatic rings. The summed E-state index contributed by atoms with van der Waals surface area (Å²) in [6.45, 7) is 0.683. The zero-order chi connectivity index (χ0) is 10.1. The highest BCUT2D eigenvalue weighted by molar-refractivity contribution is 7.91. The fourth-order valence-corrected chi connectivity index (χ4v) is 2.34. The Labute approximate surface area is 77.8 Å². The van der Waals surface area contributed by atoms with E-state index in [1.165, 1.54) is 11.2 Å². The number of rotatable bonds is 1. The molecule has 0 saturated carbocycles. The SMILES string of the molecule is C#CC(=O)N1CCC(S(C)(=O)=O)C1. The molecule has 0 aromatic heterocycles. The van der Waals surface area contributed by atoms with Crippen LogP contribution in [0.2, 0.25) is 0 Å². The summed E-state index contributed by atoms with van der Waals surface area (Å²) in [6, 6.07) is 0. The third-order valence-corrected chi connectivity index (χ3v) is 3.76. The summed E-state index contributed by atoms with van der Waals surface area (Å²) in [7, 11) is -3.04. The number of hydrogen-bond donors (Lipinski definition) is 0. The molecule has 1 aliphatic rings. The van der Waals surface area contributed by atoms with Crippen LogP contribution in [0.15, 0.2) is 0 Å². The van der Waals surface area contributed by atoms with Crippen molar-refractivity contribution >= 4 is 15.7 Å². The first-order chi connectivity index (χ1) is 5.95. The number of nitrogens with zero attached hydrogens (tertiary/aromatic N) is 1. The van der Waals surface area contributed by atoms with Crippen LogP contribution in [-0.2, 0) is 14.6 Å². The smallest absolute Gasteiger partial charge is 0.298 e. The molecular weight excluding hydrogens is 190 g/mol. The molecule has 72 valence electrons. The molecule has 1 fully saturated rings. The lowest BCUT2D eigenvalue weighted by Gasteiger charge is -2.11. The first kappa shape index (κ1) is 10.1. The maximum atomic E-state index is 11.1. The van der Waals surface area contributed by atoms with Gasteiger partial charge in [-0.25, -0.2) is 8.42 Å². The molecule has 0 aromatic carbocycles. The molecule has 0 radical (unpaired) electrons. The average Bonchev–Trinajstić information content (AvgIpc) is 2.50. The van der Waals surface area contributed by atoms with Crippen LogP contribution >= 0.6 is 0 Å². The molecule has 1 heterocycles. The Morgan fingerprint density at radius 2 is 2.23 bits per heavy atom. The number of likely N-dealkylation sites (tertiary alicyclic amines) is 1. The predicted molar refractivity (Wildman–Crippen MR) is 48.7 cm³/mol. The lowest BCUT2D eigenvalue weighted by atomic mass is 10.4. The highest BCUT2D eigenvalue weighted by atomic mass is 32.2.